The van der Waals surface area contributed by atoms with Crippen molar-refractivity contribution in [1.82, 2.24) is 0 Å². The molecule has 82 valence electrons. The number of hydrogen-bond acceptors (Lipinski definition) is 4. The third-order valence-corrected chi connectivity index (χ3v) is 2.24. The summed E-state index contributed by atoms with van der Waals surface area (Å²) in [5.41, 5.74) is 5.97. The summed E-state index contributed by atoms with van der Waals surface area (Å²) in [6.45, 7) is 0. The highest BCUT2D eigenvalue weighted by Crippen LogP contribution is 2.19. The average Bonchev–Trinajstić information content (AvgIpc) is 2.26. The van der Waals surface area contributed by atoms with E-state index in [0.717, 1.165) is 0 Å². The van der Waals surface area contributed by atoms with Gasteiger partial charge in [0.2, 0.25) is 0 Å². The number of aliphatic hydroxyl groups is 1. The van der Waals surface area contributed by atoms with Crippen LogP contribution in [0.4, 0.5) is 0 Å². The Bertz CT molecular complexity index is 356. The zero-order chi connectivity index (χ0) is 11.4. The molecular formula is C10H12ClNO3. The quantitative estimate of drug-likeness (QED) is 0.755. The fourth-order valence-electron chi connectivity index (χ4n) is 1.16. The lowest BCUT2D eigenvalue weighted by Gasteiger charge is -2.16. The Balaban J connectivity index is 2.84. The Morgan fingerprint density at radius 2 is 2.27 bits per heavy atom. The van der Waals surface area contributed by atoms with E-state index in [2.05, 4.69) is 4.74 Å². The Morgan fingerprint density at radius 1 is 1.60 bits per heavy atom. The van der Waals surface area contributed by atoms with E-state index in [4.69, 9.17) is 17.3 Å². The monoisotopic (exact) mass is 229 g/mol. The number of methoxy groups -OCH3 is 1. The number of halogens is 1. The van der Waals surface area contributed by atoms with E-state index in [1.54, 1.807) is 24.3 Å². The normalized spacial score (nSPS) is 14.4. The second kappa shape index (κ2) is 5.11. The van der Waals surface area contributed by atoms with Crippen LogP contribution in [0.15, 0.2) is 24.3 Å². The summed E-state index contributed by atoms with van der Waals surface area (Å²) < 4.78 is 4.43. The number of rotatable bonds is 3. The van der Waals surface area contributed by atoms with Crippen LogP contribution in [0.5, 0.6) is 0 Å². The molecule has 0 radical (unpaired) electrons. The van der Waals surface area contributed by atoms with Crippen LogP contribution in [0.3, 0.4) is 0 Å². The number of esters is 1. The number of carbonyl (C=O) groups is 1. The molecule has 1 aromatic carbocycles. The summed E-state index contributed by atoms with van der Waals surface area (Å²) in [5.74, 6) is -0.664. The molecule has 0 saturated carbocycles. The molecule has 4 nitrogen and oxygen atoms in total. The number of ether oxygens (including phenoxy) is 1. The van der Waals surface area contributed by atoms with Gasteiger partial charge >= 0.3 is 5.97 Å². The molecule has 0 spiro atoms. The summed E-state index contributed by atoms with van der Waals surface area (Å²) in [6, 6.07) is 5.43. The molecule has 0 fully saturated rings. The summed E-state index contributed by atoms with van der Waals surface area (Å²) in [6.07, 6.45) is -1.11. The SMILES string of the molecule is COC(=O)[C@@H](N)[C@H](O)c1cccc(Cl)c1. The molecule has 1 rings (SSSR count). The van der Waals surface area contributed by atoms with Gasteiger partial charge in [-0.15, -0.1) is 0 Å². The highest BCUT2D eigenvalue weighted by atomic mass is 35.5. The minimum atomic E-state index is -1.11. The van der Waals surface area contributed by atoms with E-state index in [0.29, 0.717) is 10.6 Å². The number of benzene rings is 1. The summed E-state index contributed by atoms with van der Waals surface area (Å²) in [4.78, 5) is 11.1. The largest absolute Gasteiger partial charge is 0.468 e. The molecule has 15 heavy (non-hydrogen) atoms. The molecule has 0 amide bonds. The van der Waals surface area contributed by atoms with Gasteiger partial charge in [0.1, 0.15) is 12.1 Å². The fourth-order valence-corrected chi connectivity index (χ4v) is 1.36. The van der Waals surface area contributed by atoms with Gasteiger partial charge in [0.25, 0.3) is 0 Å². The van der Waals surface area contributed by atoms with Crippen LogP contribution >= 0.6 is 11.6 Å². The molecule has 0 heterocycles. The molecule has 5 heteroatoms. The van der Waals surface area contributed by atoms with Crippen molar-refractivity contribution < 1.29 is 14.6 Å². The van der Waals surface area contributed by atoms with Gasteiger partial charge in [-0.25, -0.2) is 0 Å². The van der Waals surface area contributed by atoms with E-state index in [1.165, 1.54) is 7.11 Å². The van der Waals surface area contributed by atoms with E-state index >= 15 is 0 Å². The molecular weight excluding hydrogens is 218 g/mol. The highest BCUT2D eigenvalue weighted by Gasteiger charge is 2.24. The second-order valence-electron chi connectivity index (χ2n) is 3.05. The van der Waals surface area contributed by atoms with Gasteiger partial charge in [0, 0.05) is 5.02 Å². The van der Waals surface area contributed by atoms with Gasteiger partial charge < -0.3 is 15.6 Å². The third-order valence-electron chi connectivity index (χ3n) is 2.00. The average molecular weight is 230 g/mol. The first kappa shape index (κ1) is 12.0. The topological polar surface area (TPSA) is 72.5 Å². The first-order valence-electron chi connectivity index (χ1n) is 4.33. The lowest BCUT2D eigenvalue weighted by atomic mass is 10.0. The van der Waals surface area contributed by atoms with Crippen molar-refractivity contribution in [1.29, 1.82) is 0 Å². The predicted molar refractivity (Wildman–Crippen MR) is 56.4 cm³/mol. The van der Waals surface area contributed by atoms with Crippen molar-refractivity contribution in [3.05, 3.63) is 34.9 Å². The van der Waals surface area contributed by atoms with Crippen molar-refractivity contribution >= 4 is 17.6 Å². The maximum Gasteiger partial charge on any atom is 0.325 e. The molecule has 3 N–H and O–H groups in total. The van der Waals surface area contributed by atoms with Crippen molar-refractivity contribution in [2.24, 2.45) is 5.73 Å². The fraction of sp³-hybridized carbons (Fsp3) is 0.300. The summed E-state index contributed by atoms with van der Waals surface area (Å²) in [5, 5.41) is 10.2. The lowest BCUT2D eigenvalue weighted by molar-refractivity contribution is -0.145. The third kappa shape index (κ3) is 2.92. The number of hydrogen-bond donors (Lipinski definition) is 2. The Morgan fingerprint density at radius 3 is 2.80 bits per heavy atom. The second-order valence-corrected chi connectivity index (χ2v) is 3.49. The molecule has 2 atom stereocenters. The van der Waals surface area contributed by atoms with Crippen LogP contribution in [-0.4, -0.2) is 24.2 Å². The number of carbonyl (C=O) groups excluding carboxylic acids is 1. The van der Waals surface area contributed by atoms with Crippen LogP contribution in [-0.2, 0) is 9.53 Å². The molecule has 1 aromatic rings. The summed E-state index contributed by atoms with van der Waals surface area (Å²) in [7, 11) is 1.22. The van der Waals surface area contributed by atoms with Gasteiger partial charge in [-0.2, -0.15) is 0 Å². The van der Waals surface area contributed by atoms with E-state index < -0.39 is 18.1 Å². The predicted octanol–water partition coefficient (Wildman–Crippen LogP) is 0.874. The maximum absolute atomic E-state index is 11.1. The highest BCUT2D eigenvalue weighted by molar-refractivity contribution is 6.30. The minimum Gasteiger partial charge on any atom is -0.468 e. The van der Waals surface area contributed by atoms with E-state index in [-0.39, 0.29) is 0 Å². The molecule has 0 aliphatic rings. The van der Waals surface area contributed by atoms with E-state index in [1.807, 2.05) is 0 Å². The van der Waals surface area contributed by atoms with Crippen molar-refractivity contribution in [3.8, 4) is 0 Å². The summed E-state index contributed by atoms with van der Waals surface area (Å²) >= 11 is 5.74. The van der Waals surface area contributed by atoms with Crippen LogP contribution in [0.2, 0.25) is 5.02 Å². The first-order valence-corrected chi connectivity index (χ1v) is 4.71. The minimum absolute atomic E-state index is 0.476. The smallest absolute Gasteiger partial charge is 0.325 e. The molecule has 0 bridgehead atoms. The van der Waals surface area contributed by atoms with Crippen LogP contribution < -0.4 is 5.73 Å². The number of nitrogens with two attached hydrogens (primary N) is 1. The molecule has 0 saturated heterocycles. The lowest BCUT2D eigenvalue weighted by Crippen LogP contribution is -2.37. The van der Waals surface area contributed by atoms with Crippen LogP contribution in [0.1, 0.15) is 11.7 Å². The Hall–Kier alpha value is -1.10. The van der Waals surface area contributed by atoms with Gasteiger partial charge in [-0.3, -0.25) is 4.79 Å². The zero-order valence-corrected chi connectivity index (χ0v) is 8.94. The van der Waals surface area contributed by atoms with Crippen LogP contribution in [0, 0.1) is 0 Å². The van der Waals surface area contributed by atoms with Crippen LogP contribution in [0.25, 0.3) is 0 Å². The molecule has 0 aliphatic carbocycles. The Labute approximate surface area is 92.6 Å². The molecule has 0 unspecified atom stereocenters. The standard InChI is InChI=1S/C10H12ClNO3/c1-15-10(14)8(12)9(13)6-3-2-4-7(11)5-6/h2-5,8-9,13H,12H2,1H3/t8-,9+/m0/s1. The molecule has 0 aromatic heterocycles. The van der Waals surface area contributed by atoms with Crippen molar-refractivity contribution in [2.75, 3.05) is 7.11 Å². The Kier molecular flexibility index (Phi) is 4.08. The van der Waals surface area contributed by atoms with Gasteiger partial charge in [0.15, 0.2) is 0 Å². The van der Waals surface area contributed by atoms with Gasteiger partial charge in [-0.05, 0) is 17.7 Å². The van der Waals surface area contributed by atoms with Crippen molar-refractivity contribution in [2.45, 2.75) is 12.1 Å². The first-order chi connectivity index (χ1) is 7.06. The van der Waals surface area contributed by atoms with Gasteiger partial charge in [0.05, 0.1) is 7.11 Å². The van der Waals surface area contributed by atoms with E-state index in [9.17, 15) is 9.90 Å². The van der Waals surface area contributed by atoms with Crippen molar-refractivity contribution in [3.63, 3.8) is 0 Å². The molecule has 0 aliphatic heterocycles. The maximum atomic E-state index is 11.1. The van der Waals surface area contributed by atoms with Gasteiger partial charge in [-0.1, -0.05) is 23.7 Å². The number of aliphatic hydroxyl groups excluding tert-OH is 1. The zero-order valence-electron chi connectivity index (χ0n) is 8.18.